The minimum atomic E-state index is -0.833. The van der Waals surface area contributed by atoms with Crippen molar-refractivity contribution in [3.05, 3.63) is 25.0 Å². The summed E-state index contributed by atoms with van der Waals surface area (Å²) in [6.07, 6.45) is 10.5. The van der Waals surface area contributed by atoms with Crippen molar-refractivity contribution in [1.82, 2.24) is 0 Å². The molecule has 0 fully saturated rings. The first kappa shape index (κ1) is 19.8. The maximum absolute atomic E-state index is 10.7. The van der Waals surface area contributed by atoms with Gasteiger partial charge in [-0.15, -0.1) is 0 Å². The van der Waals surface area contributed by atoms with Gasteiger partial charge in [-0.1, -0.05) is 46.1 Å². The second-order valence-corrected chi connectivity index (χ2v) is 4.18. The molecule has 1 atom stereocenters. The zero-order chi connectivity index (χ0) is 15.1. The van der Waals surface area contributed by atoms with Crippen LogP contribution in [0.15, 0.2) is 25.0 Å². The van der Waals surface area contributed by atoms with Crippen LogP contribution in [0.25, 0.3) is 0 Å². The summed E-state index contributed by atoms with van der Waals surface area (Å²) in [6.45, 7) is 8.81. The Morgan fingerprint density at radius 2 is 1.95 bits per heavy atom. The molecule has 0 aliphatic heterocycles. The van der Waals surface area contributed by atoms with E-state index in [0.717, 1.165) is 13.3 Å². The Labute approximate surface area is 116 Å². The summed E-state index contributed by atoms with van der Waals surface area (Å²) in [6, 6.07) is 0. The molecule has 0 heterocycles. The van der Waals surface area contributed by atoms with Gasteiger partial charge in [-0.2, -0.15) is 0 Å². The van der Waals surface area contributed by atoms with Crippen LogP contribution in [0.1, 0.15) is 52.9 Å². The summed E-state index contributed by atoms with van der Waals surface area (Å²) in [5, 5.41) is 7.42. The lowest BCUT2D eigenvalue weighted by Gasteiger charge is -2.10. The molecule has 0 aliphatic rings. The first-order valence-electron chi connectivity index (χ1n) is 6.65. The van der Waals surface area contributed by atoms with E-state index in [2.05, 4.69) is 20.4 Å². The lowest BCUT2D eigenvalue weighted by atomic mass is 9.96. The Bertz CT molecular complexity index is 278. The van der Waals surface area contributed by atoms with Gasteiger partial charge in [-0.05, 0) is 18.4 Å². The van der Waals surface area contributed by atoms with Gasteiger partial charge in [-0.3, -0.25) is 4.79 Å². The fraction of sp³-hybridized carbons (Fsp3) is 0.600. The van der Waals surface area contributed by atoms with Gasteiger partial charge in [0.1, 0.15) is 0 Å². The van der Waals surface area contributed by atoms with E-state index in [1.54, 1.807) is 0 Å². The van der Waals surface area contributed by atoms with Crippen molar-refractivity contribution in [3.8, 4) is 0 Å². The van der Waals surface area contributed by atoms with E-state index < -0.39 is 11.9 Å². The van der Waals surface area contributed by atoms with Gasteiger partial charge in [0, 0.05) is 13.0 Å². The number of carbonyl (C=O) groups is 2. The first-order valence-corrected chi connectivity index (χ1v) is 6.65. The molecule has 0 aromatic rings. The van der Waals surface area contributed by atoms with E-state index in [9.17, 15) is 4.79 Å². The maximum Gasteiger partial charge on any atom is 0.334 e. The van der Waals surface area contributed by atoms with Crippen molar-refractivity contribution in [2.75, 3.05) is 0 Å². The monoisotopic (exact) mass is 270 g/mol. The van der Waals surface area contributed by atoms with Gasteiger partial charge < -0.3 is 9.84 Å². The molecule has 0 aromatic heterocycles. The molecule has 0 spiro atoms. The minimum Gasteiger partial charge on any atom is -0.481 e. The van der Waals surface area contributed by atoms with Gasteiger partial charge >= 0.3 is 5.97 Å². The van der Waals surface area contributed by atoms with Crippen molar-refractivity contribution in [2.24, 2.45) is 5.92 Å². The normalized spacial score (nSPS) is 11.3. The number of unbranched alkanes of at least 4 members (excludes halogenated alkanes) is 1. The average molecular weight is 270 g/mol. The summed E-state index contributed by atoms with van der Waals surface area (Å²) in [5.41, 5.74) is 0. The molecule has 0 rings (SSSR count). The molecule has 0 aromatic carbocycles. The number of ether oxygens (including phenoxy) is 1. The number of carbonyl (C=O) groups excluding carboxylic acids is 1. The predicted molar refractivity (Wildman–Crippen MR) is 76.7 cm³/mol. The van der Waals surface area contributed by atoms with Gasteiger partial charge in [0.25, 0.3) is 5.97 Å². The van der Waals surface area contributed by atoms with Crippen molar-refractivity contribution in [1.29, 1.82) is 0 Å². The second-order valence-electron chi connectivity index (χ2n) is 4.18. The SMILES string of the molecule is C=CC(=O)OC=CCC(CC)CCCC.CC(=O)O. The van der Waals surface area contributed by atoms with Crippen LogP contribution in [0.4, 0.5) is 0 Å². The molecule has 0 amide bonds. The van der Waals surface area contributed by atoms with E-state index in [4.69, 9.17) is 14.6 Å². The van der Waals surface area contributed by atoms with Crippen molar-refractivity contribution in [3.63, 3.8) is 0 Å². The van der Waals surface area contributed by atoms with E-state index in [1.807, 2.05) is 6.08 Å². The van der Waals surface area contributed by atoms with E-state index in [1.165, 1.54) is 38.0 Å². The van der Waals surface area contributed by atoms with Crippen LogP contribution in [0.2, 0.25) is 0 Å². The smallest absolute Gasteiger partial charge is 0.334 e. The number of aliphatic carboxylic acids is 1. The Morgan fingerprint density at radius 3 is 2.37 bits per heavy atom. The maximum atomic E-state index is 10.7. The fourth-order valence-electron chi connectivity index (χ4n) is 1.39. The molecular formula is C15H26O4. The fourth-order valence-corrected chi connectivity index (χ4v) is 1.39. The summed E-state index contributed by atoms with van der Waals surface area (Å²) in [4.78, 5) is 19.7. The molecule has 0 saturated heterocycles. The van der Waals surface area contributed by atoms with Crippen LogP contribution in [0.5, 0.6) is 0 Å². The van der Waals surface area contributed by atoms with Gasteiger partial charge in [0.15, 0.2) is 0 Å². The zero-order valence-corrected chi connectivity index (χ0v) is 12.2. The first-order chi connectivity index (χ1) is 8.97. The number of carboxylic acids is 1. The molecule has 0 aliphatic carbocycles. The predicted octanol–water partition coefficient (Wildman–Crippen LogP) is 3.93. The quantitative estimate of drug-likeness (QED) is 0.412. The van der Waals surface area contributed by atoms with Crippen LogP contribution in [-0.2, 0) is 14.3 Å². The van der Waals surface area contributed by atoms with Crippen LogP contribution >= 0.6 is 0 Å². The number of allylic oxidation sites excluding steroid dienone is 1. The third-order valence-corrected chi connectivity index (χ3v) is 2.46. The van der Waals surface area contributed by atoms with E-state index >= 15 is 0 Å². The number of carboxylic acid groups (broad SMARTS) is 1. The van der Waals surface area contributed by atoms with Crippen molar-refractivity contribution >= 4 is 11.9 Å². The number of hydrogen-bond acceptors (Lipinski definition) is 3. The molecule has 4 heteroatoms. The Hall–Kier alpha value is -1.58. The highest BCUT2D eigenvalue weighted by Crippen LogP contribution is 2.16. The number of esters is 1. The van der Waals surface area contributed by atoms with E-state index in [-0.39, 0.29) is 0 Å². The summed E-state index contributed by atoms with van der Waals surface area (Å²) >= 11 is 0. The van der Waals surface area contributed by atoms with Gasteiger partial charge in [0.05, 0.1) is 6.26 Å². The largest absolute Gasteiger partial charge is 0.481 e. The Balaban J connectivity index is 0. The lowest BCUT2D eigenvalue weighted by molar-refractivity contribution is -0.134. The number of rotatable bonds is 8. The van der Waals surface area contributed by atoms with Crippen molar-refractivity contribution in [2.45, 2.75) is 52.9 Å². The third-order valence-electron chi connectivity index (χ3n) is 2.46. The molecular weight excluding hydrogens is 244 g/mol. The van der Waals surface area contributed by atoms with Crippen LogP contribution in [0, 0.1) is 5.92 Å². The molecule has 0 saturated carbocycles. The van der Waals surface area contributed by atoms with Crippen LogP contribution in [-0.4, -0.2) is 17.0 Å². The molecule has 1 N–H and O–H groups in total. The van der Waals surface area contributed by atoms with Crippen molar-refractivity contribution < 1.29 is 19.4 Å². The summed E-state index contributed by atoms with van der Waals surface area (Å²) in [5.74, 6) is -0.517. The molecule has 4 nitrogen and oxygen atoms in total. The summed E-state index contributed by atoms with van der Waals surface area (Å²) < 4.78 is 4.75. The van der Waals surface area contributed by atoms with E-state index in [0.29, 0.717) is 5.92 Å². The molecule has 0 bridgehead atoms. The summed E-state index contributed by atoms with van der Waals surface area (Å²) in [7, 11) is 0. The average Bonchev–Trinajstić information content (AvgIpc) is 2.37. The molecule has 0 radical (unpaired) electrons. The lowest BCUT2D eigenvalue weighted by Crippen LogP contribution is -1.97. The highest BCUT2D eigenvalue weighted by molar-refractivity contribution is 5.81. The standard InChI is InChI=1S/C13H22O2.C2H4O2/c1-4-7-9-12(5-2)10-8-11-15-13(14)6-3;1-2(3)4/h6,8,11-12H,3-5,7,9-10H2,1-2H3;1H3,(H,3,4). The Morgan fingerprint density at radius 1 is 1.37 bits per heavy atom. The zero-order valence-electron chi connectivity index (χ0n) is 12.2. The van der Waals surface area contributed by atoms with Crippen LogP contribution < -0.4 is 0 Å². The van der Waals surface area contributed by atoms with Crippen LogP contribution in [0.3, 0.4) is 0 Å². The minimum absolute atomic E-state index is 0.396. The molecule has 1 unspecified atom stereocenters. The number of hydrogen-bond donors (Lipinski definition) is 1. The van der Waals surface area contributed by atoms with Gasteiger partial charge in [0.2, 0.25) is 0 Å². The second kappa shape index (κ2) is 14.5. The Kier molecular flexibility index (Phi) is 15.1. The van der Waals surface area contributed by atoms with Gasteiger partial charge in [-0.25, -0.2) is 4.79 Å². The highest BCUT2D eigenvalue weighted by Gasteiger charge is 2.02. The molecule has 110 valence electrons. The molecule has 19 heavy (non-hydrogen) atoms. The third kappa shape index (κ3) is 19.0. The topological polar surface area (TPSA) is 63.6 Å². The highest BCUT2D eigenvalue weighted by atomic mass is 16.5.